The molecule has 2 aromatic carbocycles. The number of carbonyl (C=O) groups is 1. The molecular formula is C34H38F6O4. The lowest BCUT2D eigenvalue weighted by Crippen LogP contribution is -2.34. The summed E-state index contributed by atoms with van der Waals surface area (Å²) in [5, 5.41) is 0. The molecule has 0 saturated heterocycles. The molecule has 2 aliphatic carbocycles. The Labute approximate surface area is 254 Å². The molecule has 0 aromatic heterocycles. The molecule has 2 fully saturated rings. The van der Waals surface area contributed by atoms with Gasteiger partial charge in [-0.3, -0.25) is 4.79 Å². The van der Waals surface area contributed by atoms with Crippen molar-refractivity contribution in [3.8, 4) is 17.6 Å². The summed E-state index contributed by atoms with van der Waals surface area (Å²) >= 11 is 0. The molecule has 0 unspecified atom stereocenters. The third-order valence-corrected chi connectivity index (χ3v) is 8.22. The van der Waals surface area contributed by atoms with Gasteiger partial charge in [-0.2, -0.15) is 8.78 Å². The van der Waals surface area contributed by atoms with E-state index in [1.165, 1.54) is 18.2 Å². The Hall–Kier alpha value is -3.19. The summed E-state index contributed by atoms with van der Waals surface area (Å²) < 4.78 is 95.1. The van der Waals surface area contributed by atoms with E-state index in [9.17, 15) is 31.1 Å². The first-order chi connectivity index (χ1) is 20.9. The van der Waals surface area contributed by atoms with Gasteiger partial charge in [0.15, 0.2) is 11.6 Å². The van der Waals surface area contributed by atoms with Gasteiger partial charge >= 0.3 is 18.4 Å². The van der Waals surface area contributed by atoms with E-state index < -0.39 is 30.1 Å². The molecule has 2 saturated carbocycles. The number of benzene rings is 2. The predicted octanol–water partition coefficient (Wildman–Crippen LogP) is 9.24. The minimum atomic E-state index is -4.98. The van der Waals surface area contributed by atoms with Gasteiger partial charge in [0, 0.05) is 11.5 Å². The number of hydrogen-bond acceptors (Lipinski definition) is 4. The average molecular weight is 625 g/mol. The molecular weight excluding hydrogens is 586 g/mol. The molecule has 0 spiro atoms. The van der Waals surface area contributed by atoms with E-state index in [1.807, 2.05) is 0 Å². The van der Waals surface area contributed by atoms with E-state index in [4.69, 9.17) is 9.47 Å². The number of hydrogen-bond donors (Lipinski definition) is 0. The van der Waals surface area contributed by atoms with Gasteiger partial charge in [0.05, 0.1) is 17.6 Å². The van der Waals surface area contributed by atoms with E-state index in [0.717, 1.165) is 43.4 Å². The van der Waals surface area contributed by atoms with Crippen molar-refractivity contribution in [2.45, 2.75) is 109 Å². The molecule has 4 nitrogen and oxygen atoms in total. The van der Waals surface area contributed by atoms with Crippen molar-refractivity contribution >= 4 is 5.97 Å². The van der Waals surface area contributed by atoms with E-state index in [2.05, 4.69) is 23.5 Å². The van der Waals surface area contributed by atoms with Crippen molar-refractivity contribution < 1.29 is 45.3 Å². The summed E-state index contributed by atoms with van der Waals surface area (Å²) in [6.07, 6.45) is -1.18. The Morgan fingerprint density at radius 3 is 2.14 bits per heavy atom. The normalized spacial score (nSPS) is 22.5. The summed E-state index contributed by atoms with van der Waals surface area (Å²) in [4.78, 5) is 12.8. The van der Waals surface area contributed by atoms with Gasteiger partial charge in [-0.1, -0.05) is 55.9 Å². The van der Waals surface area contributed by atoms with Crippen molar-refractivity contribution in [3.63, 3.8) is 0 Å². The third kappa shape index (κ3) is 10.2. The maximum Gasteiger partial charge on any atom is 0.573 e. The van der Waals surface area contributed by atoms with Crippen LogP contribution in [0.15, 0.2) is 42.5 Å². The number of rotatable bonds is 10. The quantitative estimate of drug-likeness (QED) is 0.114. The Morgan fingerprint density at radius 2 is 1.52 bits per heavy atom. The van der Waals surface area contributed by atoms with Gasteiger partial charge in [0.25, 0.3) is 0 Å². The average Bonchev–Trinajstić information content (AvgIpc) is 2.98. The number of carbonyl (C=O) groups excluding carboxylic acids is 1. The van der Waals surface area contributed by atoms with Gasteiger partial charge in [-0.15, -0.1) is 13.2 Å². The topological polar surface area (TPSA) is 44.8 Å². The highest BCUT2D eigenvalue weighted by molar-refractivity contribution is 5.72. The van der Waals surface area contributed by atoms with Crippen LogP contribution in [0.3, 0.4) is 0 Å². The second-order valence-corrected chi connectivity index (χ2v) is 11.6. The first-order valence-corrected chi connectivity index (χ1v) is 15.3. The van der Waals surface area contributed by atoms with Crippen molar-refractivity contribution in [1.82, 2.24) is 0 Å². The smallest absolute Gasteiger partial charge is 0.462 e. The molecule has 0 aliphatic heterocycles. The minimum Gasteiger partial charge on any atom is -0.462 e. The van der Waals surface area contributed by atoms with Crippen LogP contribution >= 0.6 is 0 Å². The van der Waals surface area contributed by atoms with E-state index >= 15 is 0 Å². The SMILES string of the molecule is CCCCCc1ccc(C(F)(F)OC2CCC(C(=O)OC3CCC(C#Cc4ccc(OC(F)(F)F)c(F)c4)CC3)CC2)cc1. The predicted molar refractivity (Wildman–Crippen MR) is 152 cm³/mol. The molecule has 240 valence electrons. The zero-order valence-electron chi connectivity index (χ0n) is 24.7. The van der Waals surface area contributed by atoms with Gasteiger partial charge in [0.2, 0.25) is 0 Å². The van der Waals surface area contributed by atoms with Gasteiger partial charge in [-0.05, 0) is 88.0 Å². The molecule has 0 N–H and O–H groups in total. The van der Waals surface area contributed by atoms with Crippen molar-refractivity contribution in [1.29, 1.82) is 0 Å². The molecule has 10 heteroatoms. The highest BCUT2D eigenvalue weighted by atomic mass is 19.4. The van der Waals surface area contributed by atoms with Crippen LogP contribution in [-0.4, -0.2) is 24.5 Å². The molecule has 0 amide bonds. The number of esters is 1. The fraction of sp³-hybridized carbons (Fsp3) is 0.559. The number of alkyl halides is 5. The van der Waals surface area contributed by atoms with Gasteiger partial charge in [0.1, 0.15) is 6.10 Å². The van der Waals surface area contributed by atoms with Crippen molar-refractivity contribution in [2.24, 2.45) is 11.8 Å². The van der Waals surface area contributed by atoms with E-state index in [1.54, 1.807) is 12.1 Å². The van der Waals surface area contributed by atoms with Crippen molar-refractivity contribution in [2.75, 3.05) is 0 Å². The lowest BCUT2D eigenvalue weighted by atomic mass is 9.86. The maximum atomic E-state index is 14.8. The first kappa shape index (κ1) is 33.7. The monoisotopic (exact) mass is 624 g/mol. The summed E-state index contributed by atoms with van der Waals surface area (Å²) in [6, 6.07) is 9.37. The number of unbranched alkanes of at least 4 members (excludes halogenated alkanes) is 2. The van der Waals surface area contributed by atoms with Crippen LogP contribution in [0, 0.1) is 29.5 Å². The number of ether oxygens (including phenoxy) is 3. The van der Waals surface area contributed by atoms with Crippen LogP contribution in [0.2, 0.25) is 0 Å². The van der Waals surface area contributed by atoms with Crippen LogP contribution in [0.4, 0.5) is 26.3 Å². The molecule has 2 aromatic rings. The van der Waals surface area contributed by atoms with Crippen LogP contribution in [0.5, 0.6) is 5.75 Å². The summed E-state index contributed by atoms with van der Waals surface area (Å²) in [6.45, 7) is 2.12. The maximum absolute atomic E-state index is 14.8. The second-order valence-electron chi connectivity index (χ2n) is 11.6. The van der Waals surface area contributed by atoms with Gasteiger partial charge < -0.3 is 14.2 Å². The van der Waals surface area contributed by atoms with Crippen molar-refractivity contribution in [3.05, 3.63) is 65.0 Å². The molecule has 0 atom stereocenters. The number of aryl methyl sites for hydroxylation is 1. The summed E-state index contributed by atoms with van der Waals surface area (Å²) in [5.74, 6) is 3.05. The van der Waals surface area contributed by atoms with Gasteiger partial charge in [-0.25, -0.2) is 4.39 Å². The van der Waals surface area contributed by atoms with Crippen LogP contribution in [-0.2, 0) is 26.8 Å². The zero-order chi connectivity index (χ0) is 31.7. The largest absolute Gasteiger partial charge is 0.573 e. The molecule has 0 heterocycles. The Kier molecular flexibility index (Phi) is 11.6. The van der Waals surface area contributed by atoms with Crippen LogP contribution in [0.1, 0.15) is 94.2 Å². The summed E-state index contributed by atoms with van der Waals surface area (Å²) in [7, 11) is 0. The van der Waals surface area contributed by atoms with Crippen LogP contribution < -0.4 is 4.74 Å². The Bertz CT molecular complexity index is 1280. The molecule has 4 rings (SSSR count). The molecule has 2 aliphatic rings. The van der Waals surface area contributed by atoms with Crippen LogP contribution in [0.25, 0.3) is 0 Å². The first-order valence-electron chi connectivity index (χ1n) is 15.3. The minimum absolute atomic E-state index is 0.0226. The lowest BCUT2D eigenvalue weighted by Gasteiger charge is -2.32. The second kappa shape index (κ2) is 15.2. The van der Waals surface area contributed by atoms with E-state index in [-0.39, 0.29) is 35.0 Å². The highest BCUT2D eigenvalue weighted by Crippen LogP contribution is 2.37. The fourth-order valence-electron chi connectivity index (χ4n) is 5.70. The third-order valence-electron chi connectivity index (χ3n) is 8.22. The number of halogens is 6. The molecule has 0 bridgehead atoms. The fourth-order valence-corrected chi connectivity index (χ4v) is 5.70. The molecule has 44 heavy (non-hydrogen) atoms. The Balaban J connectivity index is 1.17. The Morgan fingerprint density at radius 1 is 0.864 bits per heavy atom. The molecule has 0 radical (unpaired) electrons. The van der Waals surface area contributed by atoms with E-state index in [0.29, 0.717) is 51.4 Å². The lowest BCUT2D eigenvalue weighted by molar-refractivity contribution is -0.278. The highest BCUT2D eigenvalue weighted by Gasteiger charge is 2.39. The zero-order valence-corrected chi connectivity index (χ0v) is 24.7. The standard InChI is InChI=1S/C34H38F6O4/c1-2-3-4-5-23-8-15-27(16-9-23)33(36,37)43-29-19-13-26(14-20-29)32(41)42-28-17-10-24(11-18-28)6-7-25-12-21-31(30(35)22-25)44-34(38,39)40/h8-9,12,15-16,21-22,24,26,28-29H,2-5,10-11,13-14,17-20H2,1H3. The summed E-state index contributed by atoms with van der Waals surface area (Å²) in [5.41, 5.74) is 1.10.